The zero-order valence-corrected chi connectivity index (χ0v) is 9.04. The van der Waals surface area contributed by atoms with Crippen LogP contribution < -0.4 is 11.5 Å². The molecule has 2 rings (SSSR count). The number of carboxylic acids is 1. The number of nitrogens with two attached hydrogens (primary N) is 2. The Morgan fingerprint density at radius 1 is 1.25 bits per heavy atom. The van der Waals surface area contributed by atoms with E-state index in [1.54, 1.807) is 0 Å². The predicted molar refractivity (Wildman–Crippen MR) is 61.0 cm³/mol. The molecule has 0 aliphatic heterocycles. The standard InChI is InChI=1S/C6H5NO2.C5H12N2/c8-6(9)5-1-3-7-4-2-5;6-4-1-2-5(7)3-4/h1-4H,(H,8,9);4-5H,1-3,6-7H2/t;4-,5+. The van der Waals surface area contributed by atoms with Crippen molar-refractivity contribution in [3.63, 3.8) is 0 Å². The fourth-order valence-electron chi connectivity index (χ4n) is 1.55. The second-order valence-electron chi connectivity index (χ2n) is 3.87. The summed E-state index contributed by atoms with van der Waals surface area (Å²) in [6.07, 6.45) is 6.18. The predicted octanol–water partition coefficient (Wildman–Crippen LogP) is 0.605. The summed E-state index contributed by atoms with van der Waals surface area (Å²) in [5.74, 6) is -0.919. The number of aromatic carboxylic acids is 1. The van der Waals surface area contributed by atoms with Gasteiger partial charge in [0, 0.05) is 24.5 Å². The molecule has 1 aromatic rings. The molecule has 16 heavy (non-hydrogen) atoms. The first-order chi connectivity index (χ1) is 7.59. The van der Waals surface area contributed by atoms with Crippen LogP contribution in [0.25, 0.3) is 0 Å². The number of pyridine rings is 1. The van der Waals surface area contributed by atoms with Gasteiger partial charge >= 0.3 is 5.97 Å². The molecule has 0 amide bonds. The van der Waals surface area contributed by atoms with Gasteiger partial charge in [-0.15, -0.1) is 0 Å². The van der Waals surface area contributed by atoms with Crippen molar-refractivity contribution < 1.29 is 9.90 Å². The first-order valence-electron chi connectivity index (χ1n) is 5.24. The summed E-state index contributed by atoms with van der Waals surface area (Å²) in [4.78, 5) is 13.8. The van der Waals surface area contributed by atoms with Gasteiger partial charge in [0.15, 0.2) is 0 Å². The van der Waals surface area contributed by atoms with Gasteiger partial charge in [-0.05, 0) is 31.4 Å². The van der Waals surface area contributed by atoms with Gasteiger partial charge < -0.3 is 16.6 Å². The Balaban J connectivity index is 0.000000165. The number of nitrogens with zero attached hydrogens (tertiary/aromatic N) is 1. The lowest BCUT2D eigenvalue weighted by Crippen LogP contribution is -2.20. The first-order valence-corrected chi connectivity index (χ1v) is 5.24. The van der Waals surface area contributed by atoms with Crippen LogP contribution in [0.2, 0.25) is 0 Å². The van der Waals surface area contributed by atoms with Crippen LogP contribution in [0.15, 0.2) is 24.5 Å². The monoisotopic (exact) mass is 223 g/mol. The fraction of sp³-hybridized carbons (Fsp3) is 0.455. The molecule has 1 heterocycles. The van der Waals surface area contributed by atoms with E-state index in [1.807, 2.05) is 0 Å². The van der Waals surface area contributed by atoms with Crippen LogP contribution in [-0.4, -0.2) is 28.1 Å². The highest BCUT2D eigenvalue weighted by Crippen LogP contribution is 2.13. The van der Waals surface area contributed by atoms with E-state index in [2.05, 4.69) is 4.98 Å². The molecule has 0 saturated heterocycles. The molecule has 5 heteroatoms. The van der Waals surface area contributed by atoms with Crippen molar-refractivity contribution >= 4 is 5.97 Å². The van der Waals surface area contributed by atoms with Crippen molar-refractivity contribution in [2.45, 2.75) is 31.3 Å². The molecular weight excluding hydrogens is 206 g/mol. The molecule has 1 aliphatic carbocycles. The number of aromatic nitrogens is 1. The molecule has 0 unspecified atom stereocenters. The van der Waals surface area contributed by atoms with E-state index in [0.717, 1.165) is 19.3 Å². The van der Waals surface area contributed by atoms with Gasteiger partial charge in [-0.1, -0.05) is 0 Å². The smallest absolute Gasteiger partial charge is 0.335 e. The zero-order chi connectivity index (χ0) is 12.0. The molecule has 5 nitrogen and oxygen atoms in total. The van der Waals surface area contributed by atoms with Gasteiger partial charge in [-0.2, -0.15) is 0 Å². The second kappa shape index (κ2) is 6.19. The van der Waals surface area contributed by atoms with Gasteiger partial charge in [0.25, 0.3) is 0 Å². The summed E-state index contributed by atoms with van der Waals surface area (Å²) in [5.41, 5.74) is 11.4. The minimum atomic E-state index is -0.919. The Labute approximate surface area is 94.5 Å². The van der Waals surface area contributed by atoms with Gasteiger partial charge in [0.1, 0.15) is 0 Å². The molecule has 1 saturated carbocycles. The number of carboxylic acid groups (broad SMARTS) is 1. The number of hydrogen-bond donors (Lipinski definition) is 3. The minimum absolute atomic E-state index is 0.269. The molecule has 0 bridgehead atoms. The van der Waals surface area contributed by atoms with Gasteiger partial charge in [0.05, 0.1) is 5.56 Å². The number of carbonyl (C=O) groups is 1. The molecule has 1 aromatic heterocycles. The van der Waals surface area contributed by atoms with Crippen LogP contribution in [0.1, 0.15) is 29.6 Å². The third kappa shape index (κ3) is 4.37. The van der Waals surface area contributed by atoms with Crippen LogP contribution in [0.5, 0.6) is 0 Å². The maximum atomic E-state index is 10.2. The van der Waals surface area contributed by atoms with Crippen LogP contribution in [0.4, 0.5) is 0 Å². The minimum Gasteiger partial charge on any atom is -0.478 e. The van der Waals surface area contributed by atoms with Crippen molar-refractivity contribution in [3.05, 3.63) is 30.1 Å². The van der Waals surface area contributed by atoms with E-state index in [1.165, 1.54) is 24.5 Å². The van der Waals surface area contributed by atoms with Gasteiger partial charge in [0.2, 0.25) is 0 Å². The van der Waals surface area contributed by atoms with E-state index in [-0.39, 0.29) is 5.56 Å². The maximum absolute atomic E-state index is 10.2. The maximum Gasteiger partial charge on any atom is 0.335 e. The Morgan fingerprint density at radius 2 is 1.75 bits per heavy atom. The SMILES string of the molecule is N[C@@H]1CC[C@H](N)C1.O=C(O)c1ccncc1. The van der Waals surface area contributed by atoms with Crippen LogP contribution in [0, 0.1) is 0 Å². The molecule has 0 aromatic carbocycles. The summed E-state index contributed by atoms with van der Waals surface area (Å²) in [6, 6.07) is 3.69. The van der Waals surface area contributed by atoms with Crippen LogP contribution in [0.3, 0.4) is 0 Å². The summed E-state index contributed by atoms with van der Waals surface area (Å²) in [6.45, 7) is 0. The molecule has 2 atom stereocenters. The summed E-state index contributed by atoms with van der Waals surface area (Å²) >= 11 is 0. The Hall–Kier alpha value is -1.46. The van der Waals surface area contributed by atoms with Gasteiger partial charge in [-0.25, -0.2) is 4.79 Å². The van der Waals surface area contributed by atoms with E-state index in [4.69, 9.17) is 16.6 Å². The highest BCUT2D eigenvalue weighted by atomic mass is 16.4. The Kier molecular flexibility index (Phi) is 4.88. The molecule has 5 N–H and O–H groups in total. The Morgan fingerprint density at radius 3 is 2.00 bits per heavy atom. The molecule has 88 valence electrons. The summed E-state index contributed by atoms with van der Waals surface area (Å²) in [5, 5.41) is 8.36. The largest absolute Gasteiger partial charge is 0.478 e. The molecule has 0 radical (unpaired) electrons. The topological polar surface area (TPSA) is 102 Å². The molecule has 1 fully saturated rings. The normalized spacial score (nSPS) is 23.4. The fourth-order valence-corrected chi connectivity index (χ4v) is 1.55. The molecular formula is C11H17N3O2. The van der Waals surface area contributed by atoms with Crippen LogP contribution in [-0.2, 0) is 0 Å². The average molecular weight is 223 g/mol. The highest BCUT2D eigenvalue weighted by molar-refractivity contribution is 5.87. The zero-order valence-electron chi connectivity index (χ0n) is 9.04. The molecule has 0 spiro atoms. The van der Waals surface area contributed by atoms with E-state index in [9.17, 15) is 4.79 Å². The van der Waals surface area contributed by atoms with E-state index in [0.29, 0.717) is 12.1 Å². The lowest BCUT2D eigenvalue weighted by molar-refractivity contribution is 0.0697. The van der Waals surface area contributed by atoms with Gasteiger partial charge in [-0.3, -0.25) is 4.98 Å². The van der Waals surface area contributed by atoms with Crippen molar-refractivity contribution in [1.82, 2.24) is 4.98 Å². The number of rotatable bonds is 1. The van der Waals surface area contributed by atoms with Crippen molar-refractivity contribution in [1.29, 1.82) is 0 Å². The van der Waals surface area contributed by atoms with Crippen molar-refractivity contribution in [2.24, 2.45) is 11.5 Å². The quantitative estimate of drug-likeness (QED) is 0.647. The number of hydrogen-bond acceptors (Lipinski definition) is 4. The summed E-state index contributed by atoms with van der Waals surface area (Å²) in [7, 11) is 0. The second-order valence-corrected chi connectivity index (χ2v) is 3.87. The van der Waals surface area contributed by atoms with E-state index >= 15 is 0 Å². The molecule has 1 aliphatic rings. The highest BCUT2D eigenvalue weighted by Gasteiger charge is 2.16. The van der Waals surface area contributed by atoms with E-state index < -0.39 is 5.97 Å². The summed E-state index contributed by atoms with van der Waals surface area (Å²) < 4.78 is 0. The van der Waals surface area contributed by atoms with Crippen molar-refractivity contribution in [2.75, 3.05) is 0 Å². The third-order valence-electron chi connectivity index (χ3n) is 2.44. The first kappa shape index (κ1) is 12.6. The third-order valence-corrected chi connectivity index (χ3v) is 2.44. The van der Waals surface area contributed by atoms with Crippen LogP contribution >= 0.6 is 0 Å². The lowest BCUT2D eigenvalue weighted by atomic mass is 10.2. The lowest BCUT2D eigenvalue weighted by Gasteiger charge is -1.97. The average Bonchev–Trinajstić information content (AvgIpc) is 2.65. The van der Waals surface area contributed by atoms with Crippen molar-refractivity contribution in [3.8, 4) is 0 Å². The Bertz CT molecular complexity index is 321.